The van der Waals surface area contributed by atoms with Gasteiger partial charge in [-0.25, -0.2) is 4.79 Å². The summed E-state index contributed by atoms with van der Waals surface area (Å²) in [4.78, 5) is 43.5. The number of carbonyl (C=O) groups excluding carboxylic acids is 3. The molecule has 0 radical (unpaired) electrons. The van der Waals surface area contributed by atoms with E-state index in [4.69, 9.17) is 4.74 Å². The van der Waals surface area contributed by atoms with Gasteiger partial charge in [0.15, 0.2) is 4.80 Å². The van der Waals surface area contributed by atoms with Gasteiger partial charge >= 0.3 is 5.97 Å². The zero-order valence-electron chi connectivity index (χ0n) is 19.4. The largest absolute Gasteiger partial charge is 0.465 e. The molecular formula is C24H27N3O4S3. The molecule has 0 spiro atoms. The van der Waals surface area contributed by atoms with Crippen molar-refractivity contribution in [3.05, 3.63) is 44.6 Å². The molecule has 1 N–H and O–H groups in total. The first-order valence-electron chi connectivity index (χ1n) is 11.2. The lowest BCUT2D eigenvalue weighted by Gasteiger charge is -2.11. The van der Waals surface area contributed by atoms with Crippen molar-refractivity contribution in [2.45, 2.75) is 46.1 Å². The number of nitrogens with one attached hydrogen (secondary N) is 1. The number of thiazole rings is 1. The van der Waals surface area contributed by atoms with E-state index >= 15 is 0 Å². The Labute approximate surface area is 210 Å². The summed E-state index contributed by atoms with van der Waals surface area (Å²) in [5, 5.41) is 3.41. The van der Waals surface area contributed by atoms with E-state index in [1.807, 2.05) is 18.4 Å². The number of thioether (sulfide) groups is 1. The third-order valence-electron chi connectivity index (χ3n) is 5.65. The molecule has 1 aromatic carbocycles. The summed E-state index contributed by atoms with van der Waals surface area (Å²) in [6.07, 6.45) is 3.85. The maximum absolute atomic E-state index is 12.6. The van der Waals surface area contributed by atoms with Crippen LogP contribution in [0.3, 0.4) is 0 Å². The summed E-state index contributed by atoms with van der Waals surface area (Å²) in [5.41, 5.74) is 3.72. The molecule has 2 aromatic heterocycles. The van der Waals surface area contributed by atoms with Crippen LogP contribution in [-0.4, -0.2) is 41.0 Å². The van der Waals surface area contributed by atoms with Crippen molar-refractivity contribution in [1.29, 1.82) is 0 Å². The Bertz CT molecular complexity index is 1320. The maximum Gasteiger partial charge on any atom is 0.341 e. The second-order valence-corrected chi connectivity index (χ2v) is 11.2. The number of esters is 1. The molecule has 1 aliphatic carbocycles. The van der Waals surface area contributed by atoms with Gasteiger partial charge in [-0.15, -0.1) is 23.1 Å². The van der Waals surface area contributed by atoms with E-state index in [0.29, 0.717) is 15.4 Å². The van der Waals surface area contributed by atoms with E-state index in [2.05, 4.69) is 28.5 Å². The minimum atomic E-state index is -0.418. The number of rotatable bonds is 7. The van der Waals surface area contributed by atoms with Crippen LogP contribution >= 0.6 is 34.4 Å². The molecule has 0 aliphatic heterocycles. The van der Waals surface area contributed by atoms with Crippen LogP contribution in [-0.2, 0) is 33.7 Å². The first kappa shape index (κ1) is 24.7. The number of hydrogen-bond donors (Lipinski definition) is 1. The zero-order valence-corrected chi connectivity index (χ0v) is 21.9. The van der Waals surface area contributed by atoms with Gasteiger partial charge in [-0.05, 0) is 62.8 Å². The summed E-state index contributed by atoms with van der Waals surface area (Å²) < 4.78 is 8.08. The van der Waals surface area contributed by atoms with Crippen LogP contribution in [0.1, 0.15) is 46.1 Å². The van der Waals surface area contributed by atoms with Crippen molar-refractivity contribution in [3.63, 3.8) is 0 Å². The van der Waals surface area contributed by atoms with Crippen molar-refractivity contribution in [3.8, 4) is 0 Å². The molecule has 0 saturated heterocycles. The molecule has 2 amide bonds. The highest BCUT2D eigenvalue weighted by molar-refractivity contribution is 8.00. The van der Waals surface area contributed by atoms with Crippen LogP contribution in [0.25, 0.3) is 10.2 Å². The Kier molecular flexibility index (Phi) is 7.90. The second kappa shape index (κ2) is 10.9. The Morgan fingerprint density at radius 2 is 1.97 bits per heavy atom. The molecule has 0 unspecified atom stereocenters. The molecule has 0 fully saturated rings. The van der Waals surface area contributed by atoms with Gasteiger partial charge in [-0.3, -0.25) is 9.59 Å². The van der Waals surface area contributed by atoms with Crippen molar-refractivity contribution in [2.24, 2.45) is 4.99 Å². The van der Waals surface area contributed by atoms with Crippen molar-refractivity contribution < 1.29 is 19.1 Å². The fourth-order valence-corrected chi connectivity index (χ4v) is 7.18. The van der Waals surface area contributed by atoms with Gasteiger partial charge in [0.1, 0.15) is 5.00 Å². The highest BCUT2D eigenvalue weighted by Crippen LogP contribution is 2.38. The number of nitrogens with zero attached hydrogens (tertiary/aromatic N) is 2. The van der Waals surface area contributed by atoms with E-state index in [9.17, 15) is 14.4 Å². The molecule has 10 heteroatoms. The van der Waals surface area contributed by atoms with Crippen LogP contribution in [0.4, 0.5) is 5.00 Å². The molecule has 3 aromatic rings. The van der Waals surface area contributed by atoms with E-state index in [0.717, 1.165) is 52.9 Å². The highest BCUT2D eigenvalue weighted by Gasteiger charge is 2.26. The van der Waals surface area contributed by atoms with Gasteiger partial charge < -0.3 is 14.6 Å². The molecule has 0 saturated carbocycles. The monoisotopic (exact) mass is 517 g/mol. The molecule has 4 rings (SSSR count). The third kappa shape index (κ3) is 5.29. The summed E-state index contributed by atoms with van der Waals surface area (Å²) >= 11 is 4.16. The summed E-state index contributed by atoms with van der Waals surface area (Å²) in [6.45, 7) is 4.79. The van der Waals surface area contributed by atoms with Crippen molar-refractivity contribution in [2.75, 3.05) is 23.9 Å². The number of aryl methyl sites for hydroxylation is 3. The lowest BCUT2D eigenvalue weighted by atomic mass is 9.95. The Morgan fingerprint density at radius 3 is 2.74 bits per heavy atom. The van der Waals surface area contributed by atoms with Crippen LogP contribution < -0.4 is 10.1 Å². The predicted octanol–water partition coefficient (Wildman–Crippen LogP) is 4.56. The number of hydrogen-bond acceptors (Lipinski definition) is 7. The highest BCUT2D eigenvalue weighted by atomic mass is 32.2. The smallest absolute Gasteiger partial charge is 0.341 e. The van der Waals surface area contributed by atoms with Gasteiger partial charge in [0.05, 0.1) is 34.4 Å². The van der Waals surface area contributed by atoms with E-state index in [-0.39, 0.29) is 23.3 Å². The van der Waals surface area contributed by atoms with Crippen LogP contribution in [0.15, 0.2) is 23.2 Å². The molecule has 1 aliphatic rings. The fourth-order valence-electron chi connectivity index (χ4n) is 4.08. The Hall–Kier alpha value is -2.43. The number of benzene rings is 1. The fraction of sp³-hybridized carbons (Fsp3) is 0.417. The molecule has 34 heavy (non-hydrogen) atoms. The number of carbonyl (C=O) groups is 3. The first-order chi connectivity index (χ1) is 16.4. The maximum atomic E-state index is 12.6. The number of ether oxygens (including phenoxy) is 1. The summed E-state index contributed by atoms with van der Waals surface area (Å²) in [7, 11) is 1.35. The number of anilines is 1. The van der Waals surface area contributed by atoms with Crippen LogP contribution in [0.2, 0.25) is 0 Å². The van der Waals surface area contributed by atoms with Crippen LogP contribution in [0.5, 0.6) is 0 Å². The molecule has 7 nitrogen and oxygen atoms in total. The average Bonchev–Trinajstić information content (AvgIpc) is 3.34. The minimum Gasteiger partial charge on any atom is -0.465 e. The molecule has 2 heterocycles. The van der Waals surface area contributed by atoms with E-state index < -0.39 is 5.97 Å². The van der Waals surface area contributed by atoms with Gasteiger partial charge in [0.2, 0.25) is 5.91 Å². The zero-order chi connectivity index (χ0) is 24.2. The first-order valence-corrected chi connectivity index (χ1v) is 14.0. The summed E-state index contributed by atoms with van der Waals surface area (Å²) in [6, 6.07) is 6.20. The Morgan fingerprint density at radius 1 is 1.18 bits per heavy atom. The number of thiophene rings is 1. The quantitative estimate of drug-likeness (QED) is 0.464. The van der Waals surface area contributed by atoms with Crippen molar-refractivity contribution in [1.82, 2.24) is 4.57 Å². The topological polar surface area (TPSA) is 89.8 Å². The lowest BCUT2D eigenvalue weighted by molar-refractivity contribution is -0.115. The minimum absolute atomic E-state index is 0.101. The normalized spacial score (nSPS) is 13.7. The summed E-state index contributed by atoms with van der Waals surface area (Å²) in [5.74, 6) is -0.731. The predicted molar refractivity (Wildman–Crippen MR) is 139 cm³/mol. The van der Waals surface area contributed by atoms with Gasteiger partial charge in [0, 0.05) is 11.4 Å². The number of aromatic nitrogens is 1. The SMILES string of the molecule is CCn1c(=NC(=O)CSCC(=O)Nc2sc3c(c2C(=O)OC)CCCC3)sc2cc(C)ccc21. The standard InChI is InChI=1S/C24H27N3O4S3/c1-4-27-16-10-9-14(2)11-18(16)34-24(27)26-20(29)13-32-12-19(28)25-22-21(23(30)31-3)15-7-5-6-8-17(15)33-22/h9-11H,4-8,12-13H2,1-3H3,(H,25,28). The number of amides is 2. The van der Waals surface area contributed by atoms with Gasteiger partial charge in [-0.1, -0.05) is 17.4 Å². The number of methoxy groups -OCH3 is 1. The van der Waals surface area contributed by atoms with Crippen molar-refractivity contribution >= 4 is 67.4 Å². The number of fused-ring (bicyclic) bond motifs is 2. The van der Waals surface area contributed by atoms with E-state index in [1.54, 1.807) is 0 Å². The molecular weight excluding hydrogens is 490 g/mol. The third-order valence-corrected chi connectivity index (χ3v) is 8.81. The van der Waals surface area contributed by atoms with Crippen LogP contribution in [0, 0.1) is 6.92 Å². The average molecular weight is 518 g/mol. The van der Waals surface area contributed by atoms with Gasteiger partial charge in [0.25, 0.3) is 5.91 Å². The molecule has 180 valence electrons. The van der Waals surface area contributed by atoms with E-state index in [1.165, 1.54) is 47.1 Å². The second-order valence-electron chi connectivity index (χ2n) is 8.05. The molecule has 0 atom stereocenters. The lowest BCUT2D eigenvalue weighted by Crippen LogP contribution is -2.18. The van der Waals surface area contributed by atoms with Gasteiger partial charge in [-0.2, -0.15) is 4.99 Å². The molecule has 0 bridgehead atoms. The Balaban J connectivity index is 1.40.